The third kappa shape index (κ3) is 2.14. The molecule has 2 aromatic heterocycles. The molecule has 1 aliphatic carbocycles. The molecule has 6 nitrogen and oxygen atoms in total. The molecule has 2 atom stereocenters. The van der Waals surface area contributed by atoms with E-state index >= 15 is 0 Å². The Balaban J connectivity index is 1.43. The van der Waals surface area contributed by atoms with Crippen molar-refractivity contribution in [2.24, 2.45) is 11.8 Å². The van der Waals surface area contributed by atoms with Crippen LogP contribution in [0.5, 0.6) is 0 Å². The van der Waals surface area contributed by atoms with Gasteiger partial charge in [0.1, 0.15) is 5.52 Å². The van der Waals surface area contributed by atoms with Crippen LogP contribution in [0, 0.1) is 18.8 Å². The SMILES string of the molecule is Cc1cc2c(N3CC(NC(=O)C4CC4C)C3)nccn2n1. The van der Waals surface area contributed by atoms with E-state index < -0.39 is 0 Å². The van der Waals surface area contributed by atoms with Gasteiger partial charge in [0.2, 0.25) is 5.91 Å². The van der Waals surface area contributed by atoms with E-state index in [1.165, 1.54) is 0 Å². The molecule has 0 spiro atoms. The molecule has 21 heavy (non-hydrogen) atoms. The topological polar surface area (TPSA) is 62.5 Å². The molecule has 1 saturated carbocycles. The molecular formula is C15H19N5O. The van der Waals surface area contributed by atoms with Crippen molar-refractivity contribution >= 4 is 17.2 Å². The number of hydrogen-bond acceptors (Lipinski definition) is 4. The van der Waals surface area contributed by atoms with Gasteiger partial charge in [0, 0.05) is 31.4 Å². The monoisotopic (exact) mass is 285 g/mol. The van der Waals surface area contributed by atoms with E-state index in [0.717, 1.165) is 36.5 Å². The predicted octanol–water partition coefficient (Wildman–Crippen LogP) is 0.999. The minimum absolute atomic E-state index is 0.221. The fourth-order valence-electron chi connectivity index (χ4n) is 3.01. The van der Waals surface area contributed by atoms with Crippen molar-refractivity contribution in [3.63, 3.8) is 0 Å². The average molecular weight is 285 g/mol. The minimum Gasteiger partial charge on any atom is -0.351 e. The van der Waals surface area contributed by atoms with Crippen LogP contribution in [0.3, 0.4) is 0 Å². The highest BCUT2D eigenvalue weighted by molar-refractivity contribution is 5.82. The van der Waals surface area contributed by atoms with Gasteiger partial charge in [0.05, 0.1) is 11.7 Å². The molecule has 0 radical (unpaired) electrons. The van der Waals surface area contributed by atoms with Crippen LogP contribution < -0.4 is 10.2 Å². The fraction of sp³-hybridized carbons (Fsp3) is 0.533. The van der Waals surface area contributed by atoms with Gasteiger partial charge in [-0.25, -0.2) is 9.50 Å². The second-order valence-electron chi connectivity index (χ2n) is 6.30. The zero-order valence-corrected chi connectivity index (χ0v) is 12.3. The van der Waals surface area contributed by atoms with E-state index in [1.54, 1.807) is 6.20 Å². The van der Waals surface area contributed by atoms with E-state index in [4.69, 9.17) is 0 Å². The quantitative estimate of drug-likeness (QED) is 0.914. The van der Waals surface area contributed by atoms with Gasteiger partial charge in [0.25, 0.3) is 0 Å². The van der Waals surface area contributed by atoms with E-state index in [0.29, 0.717) is 5.92 Å². The molecule has 4 rings (SSSR count). The summed E-state index contributed by atoms with van der Waals surface area (Å²) < 4.78 is 1.86. The standard InChI is InChI=1S/C15H19N5O/c1-9-5-12(9)15(21)17-11-7-19(8-11)14-13-6-10(2)18-20(13)4-3-16-14/h3-4,6,9,11-12H,5,7-8H2,1-2H3,(H,17,21). The first kappa shape index (κ1) is 12.6. The first-order valence-corrected chi connectivity index (χ1v) is 7.48. The van der Waals surface area contributed by atoms with Crippen LogP contribution in [0.15, 0.2) is 18.5 Å². The lowest BCUT2D eigenvalue weighted by Crippen LogP contribution is -2.60. The third-order valence-electron chi connectivity index (χ3n) is 4.47. The van der Waals surface area contributed by atoms with Crippen LogP contribution in [-0.4, -0.2) is 39.6 Å². The first-order chi connectivity index (χ1) is 10.1. The van der Waals surface area contributed by atoms with Crippen molar-refractivity contribution in [1.82, 2.24) is 19.9 Å². The van der Waals surface area contributed by atoms with E-state index in [2.05, 4.69) is 27.2 Å². The van der Waals surface area contributed by atoms with Crippen LogP contribution in [0.1, 0.15) is 19.0 Å². The maximum atomic E-state index is 11.9. The number of anilines is 1. The number of hydrogen-bond donors (Lipinski definition) is 1. The zero-order valence-electron chi connectivity index (χ0n) is 12.3. The number of fused-ring (bicyclic) bond motifs is 1. The summed E-state index contributed by atoms with van der Waals surface area (Å²) in [6.45, 7) is 5.75. The highest BCUT2D eigenvalue weighted by Gasteiger charge is 2.41. The third-order valence-corrected chi connectivity index (χ3v) is 4.47. The number of amides is 1. The summed E-state index contributed by atoms with van der Waals surface area (Å²) in [6.07, 6.45) is 4.67. The molecule has 1 amide bonds. The highest BCUT2D eigenvalue weighted by Crippen LogP contribution is 2.38. The van der Waals surface area contributed by atoms with Gasteiger partial charge < -0.3 is 10.2 Å². The molecule has 2 aliphatic rings. The Kier molecular flexibility index (Phi) is 2.67. The molecule has 3 heterocycles. The normalized spacial score (nSPS) is 25.0. The van der Waals surface area contributed by atoms with E-state index in [9.17, 15) is 4.79 Å². The van der Waals surface area contributed by atoms with E-state index in [-0.39, 0.29) is 17.9 Å². The van der Waals surface area contributed by atoms with Gasteiger partial charge in [-0.05, 0) is 25.3 Å². The number of carbonyl (C=O) groups excluding carboxylic acids is 1. The molecule has 110 valence electrons. The Morgan fingerprint density at radius 1 is 1.43 bits per heavy atom. The van der Waals surface area contributed by atoms with Gasteiger partial charge in [0.15, 0.2) is 5.82 Å². The molecule has 0 aromatic carbocycles. The Morgan fingerprint density at radius 3 is 2.90 bits per heavy atom. The lowest BCUT2D eigenvalue weighted by molar-refractivity contribution is -0.123. The molecule has 2 unspecified atom stereocenters. The van der Waals surface area contributed by atoms with Crippen molar-refractivity contribution in [2.75, 3.05) is 18.0 Å². The summed E-state index contributed by atoms with van der Waals surface area (Å²) in [5, 5.41) is 7.53. The Morgan fingerprint density at radius 2 is 2.19 bits per heavy atom. The summed E-state index contributed by atoms with van der Waals surface area (Å²) >= 11 is 0. The summed E-state index contributed by atoms with van der Waals surface area (Å²) in [6, 6.07) is 2.29. The molecule has 0 bridgehead atoms. The van der Waals surface area contributed by atoms with Crippen LogP contribution in [-0.2, 0) is 4.79 Å². The average Bonchev–Trinajstić information content (AvgIpc) is 3.00. The van der Waals surface area contributed by atoms with Gasteiger partial charge in [-0.2, -0.15) is 5.10 Å². The van der Waals surface area contributed by atoms with Crippen molar-refractivity contribution in [1.29, 1.82) is 0 Å². The summed E-state index contributed by atoms with van der Waals surface area (Å²) in [7, 11) is 0. The van der Waals surface area contributed by atoms with Crippen molar-refractivity contribution in [2.45, 2.75) is 26.3 Å². The Bertz CT molecular complexity index is 703. The zero-order chi connectivity index (χ0) is 14.6. The lowest BCUT2D eigenvalue weighted by atomic mass is 10.1. The van der Waals surface area contributed by atoms with Gasteiger partial charge in [-0.15, -0.1) is 0 Å². The maximum absolute atomic E-state index is 11.9. The molecule has 1 N–H and O–H groups in total. The Hall–Kier alpha value is -2.11. The second-order valence-corrected chi connectivity index (χ2v) is 6.30. The number of carbonyl (C=O) groups is 1. The van der Waals surface area contributed by atoms with Crippen LogP contribution in [0.25, 0.3) is 5.52 Å². The van der Waals surface area contributed by atoms with Gasteiger partial charge in [-0.3, -0.25) is 4.79 Å². The van der Waals surface area contributed by atoms with Crippen LogP contribution >= 0.6 is 0 Å². The summed E-state index contributed by atoms with van der Waals surface area (Å²) in [4.78, 5) is 18.6. The smallest absolute Gasteiger partial charge is 0.223 e. The lowest BCUT2D eigenvalue weighted by Gasteiger charge is -2.40. The van der Waals surface area contributed by atoms with Crippen molar-refractivity contribution < 1.29 is 4.79 Å². The number of aromatic nitrogens is 3. The predicted molar refractivity (Wildman–Crippen MR) is 79.1 cm³/mol. The number of nitrogens with one attached hydrogen (secondary N) is 1. The van der Waals surface area contributed by atoms with Crippen molar-refractivity contribution in [3.05, 3.63) is 24.2 Å². The number of aryl methyl sites for hydroxylation is 1. The summed E-state index contributed by atoms with van der Waals surface area (Å²) in [5.41, 5.74) is 2.01. The molecular weight excluding hydrogens is 266 g/mol. The highest BCUT2D eigenvalue weighted by atomic mass is 16.2. The van der Waals surface area contributed by atoms with Crippen molar-refractivity contribution in [3.8, 4) is 0 Å². The molecule has 1 saturated heterocycles. The Labute approximate surface area is 123 Å². The minimum atomic E-state index is 0.221. The molecule has 6 heteroatoms. The fourth-order valence-corrected chi connectivity index (χ4v) is 3.01. The summed E-state index contributed by atoms with van der Waals surface area (Å²) in [5.74, 6) is 1.98. The largest absolute Gasteiger partial charge is 0.351 e. The molecule has 1 aliphatic heterocycles. The molecule has 2 fully saturated rings. The van der Waals surface area contributed by atoms with Gasteiger partial charge >= 0.3 is 0 Å². The molecule has 2 aromatic rings. The number of rotatable bonds is 3. The number of nitrogens with zero attached hydrogens (tertiary/aromatic N) is 4. The van der Waals surface area contributed by atoms with Crippen LogP contribution in [0.4, 0.5) is 5.82 Å². The van der Waals surface area contributed by atoms with E-state index in [1.807, 2.05) is 23.7 Å². The van der Waals surface area contributed by atoms with Gasteiger partial charge in [-0.1, -0.05) is 6.92 Å². The first-order valence-electron chi connectivity index (χ1n) is 7.48. The maximum Gasteiger partial charge on any atom is 0.223 e. The van der Waals surface area contributed by atoms with Crippen LogP contribution in [0.2, 0.25) is 0 Å². The second kappa shape index (κ2) is 4.44.